The third kappa shape index (κ3) is 2.20. The minimum Gasteiger partial charge on any atom is -0.500 e. The molecule has 0 spiro atoms. The van der Waals surface area contributed by atoms with Gasteiger partial charge in [-0.2, -0.15) is 0 Å². The first-order chi connectivity index (χ1) is 9.61. The number of nitrogens with zero attached hydrogens (tertiary/aromatic N) is 2. The molecule has 0 N–H and O–H groups in total. The van der Waals surface area contributed by atoms with Gasteiger partial charge in [-0.3, -0.25) is 4.79 Å². The van der Waals surface area contributed by atoms with Crippen molar-refractivity contribution >= 4 is 35.1 Å². The molecule has 3 rings (SSSR count). The summed E-state index contributed by atoms with van der Waals surface area (Å²) >= 11 is 11.8. The maximum absolute atomic E-state index is 12.7. The largest absolute Gasteiger partial charge is 0.500 e. The first kappa shape index (κ1) is 13.8. The quantitative estimate of drug-likeness (QED) is 0.620. The highest BCUT2D eigenvalue weighted by molar-refractivity contribution is 6.35. The molecule has 0 amide bonds. The number of hydrogen-bond acceptors (Lipinski definition) is 5. The molecule has 1 unspecified atom stereocenters. The summed E-state index contributed by atoms with van der Waals surface area (Å²) in [6.45, 7) is 1.20. The van der Waals surface area contributed by atoms with Crippen LogP contribution in [0.4, 0.5) is 0 Å². The number of methoxy groups -OCH3 is 1. The summed E-state index contributed by atoms with van der Waals surface area (Å²) in [7, 11) is 1.54. The van der Waals surface area contributed by atoms with E-state index in [0.29, 0.717) is 30.2 Å². The number of ether oxygens (including phenoxy) is 2. The smallest absolute Gasteiger partial charge is 0.224 e. The van der Waals surface area contributed by atoms with Gasteiger partial charge in [0.2, 0.25) is 5.28 Å². The Morgan fingerprint density at radius 1 is 1.40 bits per heavy atom. The fourth-order valence-electron chi connectivity index (χ4n) is 2.71. The molecule has 1 saturated heterocycles. The molecule has 0 aromatic carbocycles. The number of allylic oxidation sites excluding steroid dienone is 1. The molecule has 5 nitrogen and oxygen atoms in total. The maximum Gasteiger partial charge on any atom is 0.224 e. The summed E-state index contributed by atoms with van der Waals surface area (Å²) in [4.78, 5) is 20.6. The number of halogens is 2. The number of Topliss-reactive ketones (excluding diaryl/α,β-unsaturated/α-hetero) is 1. The van der Waals surface area contributed by atoms with E-state index < -0.39 is 5.92 Å². The van der Waals surface area contributed by atoms with Crippen molar-refractivity contribution in [1.82, 2.24) is 9.97 Å². The minimum absolute atomic E-state index is 0.0101. The van der Waals surface area contributed by atoms with E-state index in [-0.39, 0.29) is 22.1 Å². The average molecular weight is 315 g/mol. The monoisotopic (exact) mass is 314 g/mol. The van der Waals surface area contributed by atoms with Gasteiger partial charge in [0.15, 0.2) is 5.78 Å². The van der Waals surface area contributed by atoms with Gasteiger partial charge in [-0.25, -0.2) is 9.97 Å². The summed E-state index contributed by atoms with van der Waals surface area (Å²) < 4.78 is 10.7. The fourth-order valence-corrected chi connectivity index (χ4v) is 3.20. The lowest BCUT2D eigenvalue weighted by molar-refractivity contribution is 0.0816. The highest BCUT2D eigenvalue weighted by Gasteiger charge is 2.40. The van der Waals surface area contributed by atoms with E-state index in [4.69, 9.17) is 32.7 Å². The average Bonchev–Trinajstić information content (AvgIpc) is 2.90. The zero-order valence-corrected chi connectivity index (χ0v) is 12.2. The second kappa shape index (κ2) is 5.31. The zero-order valence-electron chi connectivity index (χ0n) is 10.7. The molecule has 1 aromatic rings. The SMILES string of the molecule is COC1=Cc2nc(Cl)nc(Cl)c2C(=O)C1[C@@H]1CCOC1. The Labute approximate surface area is 125 Å². The van der Waals surface area contributed by atoms with Crippen LogP contribution in [0.5, 0.6) is 0 Å². The number of carbonyl (C=O) groups is 1. The molecular weight excluding hydrogens is 303 g/mol. The first-order valence-corrected chi connectivity index (χ1v) is 6.98. The third-order valence-corrected chi connectivity index (χ3v) is 4.09. The van der Waals surface area contributed by atoms with Crippen LogP contribution in [-0.4, -0.2) is 36.1 Å². The van der Waals surface area contributed by atoms with Crippen molar-refractivity contribution in [2.75, 3.05) is 20.3 Å². The van der Waals surface area contributed by atoms with Gasteiger partial charge in [0.05, 0.1) is 30.9 Å². The van der Waals surface area contributed by atoms with E-state index in [1.54, 1.807) is 6.08 Å². The number of aromatic nitrogens is 2. The molecule has 0 saturated carbocycles. The maximum atomic E-state index is 12.7. The van der Waals surface area contributed by atoms with Crippen LogP contribution in [-0.2, 0) is 9.47 Å². The van der Waals surface area contributed by atoms with E-state index >= 15 is 0 Å². The van der Waals surface area contributed by atoms with Crippen LogP contribution >= 0.6 is 23.2 Å². The van der Waals surface area contributed by atoms with Crippen LogP contribution in [0.2, 0.25) is 10.4 Å². The van der Waals surface area contributed by atoms with Crippen molar-refractivity contribution in [3.05, 3.63) is 27.5 Å². The second-order valence-electron chi connectivity index (χ2n) is 4.76. The van der Waals surface area contributed by atoms with Crippen molar-refractivity contribution in [1.29, 1.82) is 0 Å². The lowest BCUT2D eigenvalue weighted by Crippen LogP contribution is -2.31. The number of fused-ring (bicyclic) bond motifs is 1. The Hall–Kier alpha value is -1.17. The van der Waals surface area contributed by atoms with E-state index in [0.717, 1.165) is 6.42 Å². The Bertz CT molecular complexity index is 598. The molecule has 20 heavy (non-hydrogen) atoms. The van der Waals surface area contributed by atoms with Gasteiger partial charge in [-0.15, -0.1) is 0 Å². The molecule has 7 heteroatoms. The molecule has 106 valence electrons. The lowest BCUT2D eigenvalue weighted by Gasteiger charge is -2.27. The van der Waals surface area contributed by atoms with Crippen molar-refractivity contribution in [2.45, 2.75) is 6.42 Å². The summed E-state index contributed by atoms with van der Waals surface area (Å²) in [5.41, 5.74) is 0.723. The van der Waals surface area contributed by atoms with Gasteiger partial charge in [-0.05, 0) is 18.0 Å². The van der Waals surface area contributed by atoms with Crippen LogP contribution in [0.3, 0.4) is 0 Å². The Morgan fingerprint density at radius 2 is 2.20 bits per heavy atom. The second-order valence-corrected chi connectivity index (χ2v) is 5.46. The normalized spacial score (nSPS) is 25.4. The van der Waals surface area contributed by atoms with Crippen molar-refractivity contribution in [2.24, 2.45) is 11.8 Å². The van der Waals surface area contributed by atoms with Gasteiger partial charge in [0.1, 0.15) is 10.9 Å². The topological polar surface area (TPSA) is 61.3 Å². The fraction of sp³-hybridized carbons (Fsp3) is 0.462. The van der Waals surface area contributed by atoms with Crippen molar-refractivity contribution < 1.29 is 14.3 Å². The number of rotatable bonds is 2. The third-order valence-electron chi connectivity index (χ3n) is 3.65. The van der Waals surface area contributed by atoms with E-state index in [2.05, 4.69) is 9.97 Å². The highest BCUT2D eigenvalue weighted by atomic mass is 35.5. The molecule has 1 aromatic heterocycles. The molecule has 1 fully saturated rings. The summed E-state index contributed by atoms with van der Waals surface area (Å²) in [5, 5.41) is 0.0937. The van der Waals surface area contributed by atoms with Crippen LogP contribution in [0.25, 0.3) is 6.08 Å². The minimum atomic E-state index is -0.391. The number of carbonyl (C=O) groups excluding carboxylic acids is 1. The van der Waals surface area contributed by atoms with Crippen molar-refractivity contribution in [3.8, 4) is 0 Å². The molecule has 2 atom stereocenters. The molecule has 2 aliphatic rings. The van der Waals surface area contributed by atoms with Gasteiger partial charge in [0.25, 0.3) is 0 Å². The molecule has 0 radical (unpaired) electrons. The van der Waals surface area contributed by atoms with Crippen molar-refractivity contribution in [3.63, 3.8) is 0 Å². The Kier molecular flexibility index (Phi) is 3.67. The lowest BCUT2D eigenvalue weighted by atomic mass is 9.80. The predicted molar refractivity (Wildman–Crippen MR) is 73.8 cm³/mol. The predicted octanol–water partition coefficient (Wildman–Crippen LogP) is 2.62. The van der Waals surface area contributed by atoms with Crippen LogP contribution in [0.15, 0.2) is 5.76 Å². The molecule has 0 bridgehead atoms. The van der Waals surface area contributed by atoms with Crippen LogP contribution in [0, 0.1) is 11.8 Å². The summed E-state index contributed by atoms with van der Waals surface area (Å²) in [6.07, 6.45) is 2.53. The molecule has 1 aliphatic carbocycles. The van der Waals surface area contributed by atoms with Crippen LogP contribution < -0.4 is 0 Å². The van der Waals surface area contributed by atoms with Gasteiger partial charge >= 0.3 is 0 Å². The van der Waals surface area contributed by atoms with E-state index in [9.17, 15) is 4.79 Å². The molecular formula is C13H12Cl2N2O3. The van der Waals surface area contributed by atoms with Gasteiger partial charge in [0, 0.05) is 18.6 Å². The first-order valence-electron chi connectivity index (χ1n) is 6.22. The van der Waals surface area contributed by atoms with Gasteiger partial charge < -0.3 is 9.47 Å². The summed E-state index contributed by atoms with van der Waals surface area (Å²) in [5.74, 6) is 0.145. The number of ketones is 1. The standard InChI is InChI=1S/C13H12Cl2N2O3/c1-19-8-4-7-10(12(14)17-13(15)16-7)11(18)9(8)6-2-3-20-5-6/h4,6,9H,2-3,5H2,1H3/t6-,9?/m1/s1. The Balaban J connectivity index is 2.10. The highest BCUT2D eigenvalue weighted by Crippen LogP contribution is 2.38. The van der Waals surface area contributed by atoms with Crippen LogP contribution in [0.1, 0.15) is 22.5 Å². The van der Waals surface area contributed by atoms with Gasteiger partial charge in [-0.1, -0.05) is 11.6 Å². The molecule has 2 heterocycles. The summed E-state index contributed by atoms with van der Waals surface area (Å²) in [6, 6.07) is 0. The van der Waals surface area contributed by atoms with E-state index in [1.807, 2.05) is 0 Å². The van der Waals surface area contributed by atoms with E-state index in [1.165, 1.54) is 7.11 Å². The Morgan fingerprint density at radius 3 is 2.85 bits per heavy atom. The zero-order chi connectivity index (χ0) is 14.3. The number of hydrogen-bond donors (Lipinski definition) is 0. The molecule has 1 aliphatic heterocycles.